The maximum absolute atomic E-state index is 11.2. The molecule has 4 fully saturated rings. The summed E-state index contributed by atoms with van der Waals surface area (Å²) in [7, 11) is -4.35. The third-order valence-electron chi connectivity index (χ3n) is 11.1. The van der Waals surface area contributed by atoms with Crippen LogP contribution in [0.1, 0.15) is 112 Å². The lowest BCUT2D eigenvalue weighted by molar-refractivity contribution is -0.127. The molecule has 4 aliphatic carbocycles. The van der Waals surface area contributed by atoms with E-state index in [0.29, 0.717) is 16.7 Å². The van der Waals surface area contributed by atoms with Crippen molar-refractivity contribution in [2.75, 3.05) is 0 Å². The summed E-state index contributed by atoms with van der Waals surface area (Å²) >= 11 is 0. The van der Waals surface area contributed by atoms with E-state index in [4.69, 9.17) is 8.74 Å². The van der Waals surface area contributed by atoms with E-state index < -0.39 is 10.4 Å². The van der Waals surface area contributed by atoms with Crippen LogP contribution in [0, 0.1) is 52.3 Å². The molecule has 4 nitrogen and oxygen atoms in total. The largest absolute Gasteiger partial charge is 0.397 e. The second-order valence-corrected chi connectivity index (χ2v) is 14.2. The summed E-state index contributed by atoms with van der Waals surface area (Å²) in [5, 5.41) is 0. The van der Waals surface area contributed by atoms with Crippen LogP contribution in [0.4, 0.5) is 0 Å². The first-order chi connectivity index (χ1) is 14.9. The van der Waals surface area contributed by atoms with E-state index in [0.717, 1.165) is 54.8 Å². The van der Waals surface area contributed by atoms with Gasteiger partial charge in [-0.1, -0.05) is 53.9 Å². The zero-order valence-corrected chi connectivity index (χ0v) is 22.0. The fraction of sp³-hybridized carbons (Fsp3) is 1.00. The van der Waals surface area contributed by atoms with Gasteiger partial charge in [0.15, 0.2) is 0 Å². The fourth-order valence-corrected chi connectivity index (χ4v) is 10.0. The summed E-state index contributed by atoms with van der Waals surface area (Å²) in [4.78, 5) is 0. The van der Waals surface area contributed by atoms with Crippen LogP contribution >= 0.6 is 0 Å². The lowest BCUT2D eigenvalue weighted by Crippen LogP contribution is -2.54. The van der Waals surface area contributed by atoms with Crippen molar-refractivity contribution in [1.29, 1.82) is 0 Å². The molecule has 0 amide bonds. The summed E-state index contributed by atoms with van der Waals surface area (Å²) in [6.07, 6.45) is 14.5. The maximum Gasteiger partial charge on any atom is 0.397 e. The summed E-state index contributed by atoms with van der Waals surface area (Å²) in [6, 6.07) is 0. The van der Waals surface area contributed by atoms with E-state index >= 15 is 0 Å². The molecule has 0 aromatic carbocycles. The molecule has 4 saturated carbocycles. The normalized spacial score (nSPS) is 45.2. The van der Waals surface area contributed by atoms with Crippen LogP contribution in [0.15, 0.2) is 0 Å². The molecule has 1 N–H and O–H groups in total. The summed E-state index contributed by atoms with van der Waals surface area (Å²) in [5.41, 5.74) is 0.831. The van der Waals surface area contributed by atoms with Crippen molar-refractivity contribution < 1.29 is 17.2 Å². The van der Waals surface area contributed by atoms with Gasteiger partial charge in [0, 0.05) is 0 Å². The number of hydrogen-bond acceptors (Lipinski definition) is 3. The van der Waals surface area contributed by atoms with E-state index in [-0.39, 0.29) is 6.10 Å². The molecule has 186 valence electrons. The molecule has 0 spiro atoms. The highest BCUT2D eigenvalue weighted by Crippen LogP contribution is 2.68. The molecule has 5 heteroatoms. The van der Waals surface area contributed by atoms with Crippen LogP contribution < -0.4 is 0 Å². The van der Waals surface area contributed by atoms with E-state index in [1.165, 1.54) is 57.8 Å². The van der Waals surface area contributed by atoms with Gasteiger partial charge in [-0.2, -0.15) is 8.42 Å². The van der Waals surface area contributed by atoms with E-state index in [9.17, 15) is 8.42 Å². The van der Waals surface area contributed by atoms with Gasteiger partial charge in [0.05, 0.1) is 6.10 Å². The number of hydrogen-bond donors (Lipinski definition) is 1. The molecular formula is C27H48O4S. The van der Waals surface area contributed by atoms with Crippen molar-refractivity contribution in [3.8, 4) is 0 Å². The van der Waals surface area contributed by atoms with Crippen LogP contribution in [0.25, 0.3) is 0 Å². The van der Waals surface area contributed by atoms with Gasteiger partial charge in [-0.3, -0.25) is 4.55 Å². The number of rotatable bonds is 7. The molecular weight excluding hydrogens is 420 g/mol. The molecule has 0 bridgehead atoms. The van der Waals surface area contributed by atoms with E-state index in [1.807, 2.05) is 0 Å². The summed E-state index contributed by atoms with van der Waals surface area (Å²) in [6.45, 7) is 12.4. The van der Waals surface area contributed by atoms with Crippen molar-refractivity contribution in [2.45, 2.75) is 118 Å². The summed E-state index contributed by atoms with van der Waals surface area (Å²) in [5.74, 6) is 5.59. The zero-order chi connectivity index (χ0) is 23.3. The van der Waals surface area contributed by atoms with Gasteiger partial charge in [-0.25, -0.2) is 4.18 Å². The van der Waals surface area contributed by atoms with Crippen molar-refractivity contribution in [2.24, 2.45) is 52.3 Å². The standard InChI is InChI=1S/C27H48O4S/c1-18(2)7-6-8-19(3)23-11-12-24-22-10-9-20-17-21(31-32(28,29)30)13-15-26(20,4)25(22)14-16-27(23,24)5/h18-25H,6-17H2,1-5H3,(H,28,29,30)/t19-,20+,21-,22+,23-,24+,25+,26+,27-/m1/s1. The molecule has 0 saturated heterocycles. The van der Waals surface area contributed by atoms with Gasteiger partial charge in [-0.05, 0) is 110 Å². The predicted molar refractivity (Wildman–Crippen MR) is 129 cm³/mol. The minimum absolute atomic E-state index is 0.310. The van der Waals surface area contributed by atoms with Crippen LogP contribution in [0.2, 0.25) is 0 Å². The Morgan fingerprint density at radius 3 is 2.28 bits per heavy atom. The van der Waals surface area contributed by atoms with Gasteiger partial charge in [0.2, 0.25) is 0 Å². The van der Waals surface area contributed by atoms with Gasteiger partial charge >= 0.3 is 10.4 Å². The Morgan fingerprint density at radius 2 is 1.59 bits per heavy atom. The van der Waals surface area contributed by atoms with Crippen molar-refractivity contribution in [3.63, 3.8) is 0 Å². The minimum Gasteiger partial charge on any atom is -0.264 e. The Bertz CT molecular complexity index is 764. The zero-order valence-electron chi connectivity index (χ0n) is 21.2. The van der Waals surface area contributed by atoms with Gasteiger partial charge in [0.25, 0.3) is 0 Å². The Labute approximate surface area is 197 Å². The average Bonchev–Trinajstić information content (AvgIpc) is 3.04. The lowest BCUT2D eigenvalue weighted by atomic mass is 9.44. The first-order valence-corrected chi connectivity index (χ1v) is 15.0. The molecule has 0 aromatic heterocycles. The first-order valence-electron chi connectivity index (χ1n) is 13.6. The third kappa shape index (κ3) is 4.69. The smallest absolute Gasteiger partial charge is 0.264 e. The Hall–Kier alpha value is -0.130. The van der Waals surface area contributed by atoms with Gasteiger partial charge in [0.1, 0.15) is 0 Å². The average molecular weight is 469 g/mol. The molecule has 0 aliphatic heterocycles. The molecule has 4 aliphatic rings. The fourth-order valence-electron chi connectivity index (χ4n) is 9.50. The lowest BCUT2D eigenvalue weighted by Gasteiger charge is -2.61. The van der Waals surface area contributed by atoms with Crippen molar-refractivity contribution >= 4 is 10.4 Å². The second-order valence-electron chi connectivity index (χ2n) is 13.1. The van der Waals surface area contributed by atoms with Crippen LogP contribution in [0.5, 0.6) is 0 Å². The third-order valence-corrected chi connectivity index (χ3v) is 11.6. The van der Waals surface area contributed by atoms with Crippen molar-refractivity contribution in [3.05, 3.63) is 0 Å². The molecule has 0 heterocycles. The second kappa shape index (κ2) is 9.15. The quantitative estimate of drug-likeness (QED) is 0.398. The monoisotopic (exact) mass is 468 g/mol. The molecule has 0 aromatic rings. The highest BCUT2D eigenvalue weighted by molar-refractivity contribution is 7.80. The SMILES string of the molecule is CC(C)CCC[C@@H](C)[C@H]1CC[C@H]2[C@@H]3CC[C@H]4C[C@H](OS(=O)(=O)O)CC[C@]4(C)[C@H]3CC[C@]12C. The van der Waals surface area contributed by atoms with Crippen LogP contribution in [-0.2, 0) is 14.6 Å². The first kappa shape index (κ1) is 25.0. The number of fused-ring (bicyclic) bond motifs is 5. The van der Waals surface area contributed by atoms with Crippen LogP contribution in [0.3, 0.4) is 0 Å². The highest BCUT2D eigenvalue weighted by Gasteiger charge is 2.60. The maximum atomic E-state index is 11.2. The molecule has 9 atom stereocenters. The Kier molecular flexibility index (Phi) is 7.14. The molecule has 0 unspecified atom stereocenters. The molecule has 0 radical (unpaired) electrons. The van der Waals surface area contributed by atoms with Gasteiger partial charge < -0.3 is 0 Å². The minimum atomic E-state index is -4.35. The van der Waals surface area contributed by atoms with Crippen LogP contribution in [-0.4, -0.2) is 19.1 Å². The topological polar surface area (TPSA) is 63.6 Å². The Balaban J connectivity index is 1.43. The van der Waals surface area contributed by atoms with Crippen molar-refractivity contribution in [1.82, 2.24) is 0 Å². The van der Waals surface area contributed by atoms with E-state index in [2.05, 4.69) is 34.6 Å². The van der Waals surface area contributed by atoms with Gasteiger partial charge in [-0.15, -0.1) is 0 Å². The van der Waals surface area contributed by atoms with E-state index in [1.54, 1.807) is 0 Å². The molecule has 4 rings (SSSR count). The highest BCUT2D eigenvalue weighted by atomic mass is 32.3. The summed E-state index contributed by atoms with van der Waals surface area (Å²) < 4.78 is 36.6. The Morgan fingerprint density at radius 1 is 0.906 bits per heavy atom. The molecule has 32 heavy (non-hydrogen) atoms. The predicted octanol–water partition coefficient (Wildman–Crippen LogP) is 7.30.